The fourth-order valence-electron chi connectivity index (χ4n) is 1.60. The van der Waals surface area contributed by atoms with Crippen molar-refractivity contribution < 1.29 is 0 Å². The first-order chi connectivity index (χ1) is 7.91. The minimum atomic E-state index is 0.673. The molecule has 2 N–H and O–H groups in total. The normalized spacial score (nSPS) is 10.9. The van der Waals surface area contributed by atoms with Gasteiger partial charge in [-0.2, -0.15) is 5.10 Å². The van der Waals surface area contributed by atoms with Crippen LogP contribution in [0.5, 0.6) is 0 Å². The smallest absolute Gasteiger partial charge is 0.0901 e. The second kappa shape index (κ2) is 4.74. The first-order valence-corrected chi connectivity index (χ1v) is 7.26. The summed E-state index contributed by atoms with van der Waals surface area (Å²) in [5.41, 5.74) is 9.57. The van der Waals surface area contributed by atoms with Gasteiger partial charge in [0.2, 0.25) is 0 Å². The van der Waals surface area contributed by atoms with Crippen molar-refractivity contribution in [1.29, 1.82) is 0 Å². The Kier molecular flexibility index (Phi) is 3.66. The van der Waals surface area contributed by atoms with Crippen molar-refractivity contribution >= 4 is 53.5 Å². The van der Waals surface area contributed by atoms with Gasteiger partial charge in [0.15, 0.2) is 0 Å². The van der Waals surface area contributed by atoms with Crippen LogP contribution in [0.3, 0.4) is 0 Å². The van der Waals surface area contributed by atoms with Crippen molar-refractivity contribution in [3.8, 4) is 5.69 Å². The fraction of sp³-hybridized carbons (Fsp3) is 0.182. The number of anilines is 1. The van der Waals surface area contributed by atoms with E-state index in [1.54, 1.807) is 0 Å². The molecule has 0 bridgehead atoms. The van der Waals surface area contributed by atoms with Gasteiger partial charge in [-0.25, -0.2) is 4.68 Å². The van der Waals surface area contributed by atoms with Crippen molar-refractivity contribution in [2.45, 2.75) is 13.8 Å². The first-order valence-electron chi connectivity index (χ1n) is 4.88. The number of nitrogen functional groups attached to an aromatic ring is 1. The largest absolute Gasteiger partial charge is 0.396 e. The molecule has 0 aliphatic heterocycles. The van der Waals surface area contributed by atoms with Crippen molar-refractivity contribution in [2.75, 3.05) is 5.73 Å². The second-order valence-corrected chi connectivity index (χ2v) is 6.28. The molecule has 0 unspecified atom stereocenters. The summed E-state index contributed by atoms with van der Waals surface area (Å²) in [5.74, 6) is 0. The number of halogens is 3. The minimum absolute atomic E-state index is 0.673. The zero-order chi connectivity index (χ0) is 12.7. The Morgan fingerprint density at radius 3 is 2.35 bits per heavy atom. The lowest BCUT2D eigenvalue weighted by molar-refractivity contribution is 0.834. The molecule has 0 aliphatic rings. The lowest BCUT2D eigenvalue weighted by Crippen LogP contribution is -2.04. The molecule has 0 aliphatic carbocycles. The Morgan fingerprint density at radius 2 is 1.82 bits per heavy atom. The van der Waals surface area contributed by atoms with Gasteiger partial charge in [0, 0.05) is 8.95 Å². The number of hydrogen-bond acceptors (Lipinski definition) is 2. The third-order valence-electron chi connectivity index (χ3n) is 2.50. The molecule has 0 amide bonds. The van der Waals surface area contributed by atoms with Crippen LogP contribution in [0.1, 0.15) is 11.4 Å². The summed E-state index contributed by atoms with van der Waals surface area (Å²) in [4.78, 5) is 0. The molecule has 3 nitrogen and oxygen atoms in total. The second-order valence-electron chi connectivity index (χ2n) is 3.72. The van der Waals surface area contributed by atoms with Gasteiger partial charge in [0.05, 0.1) is 27.2 Å². The highest BCUT2D eigenvalue weighted by Crippen LogP contribution is 2.32. The zero-order valence-electron chi connectivity index (χ0n) is 9.26. The number of hydrogen-bond donors (Lipinski definition) is 1. The summed E-state index contributed by atoms with van der Waals surface area (Å²) in [6, 6.07) is 3.87. The summed E-state index contributed by atoms with van der Waals surface area (Å²) < 4.78 is 4.65. The molecule has 0 fully saturated rings. The molecule has 2 rings (SSSR count). The number of aromatic nitrogens is 2. The standard InChI is InChI=1S/C11H10Br3N3/c1-5-10(14)6(2)17(16-5)9-4-7(12)3-8(13)11(9)15/h3-4H,15H2,1-2H3. The Balaban J connectivity index is 2.72. The quantitative estimate of drug-likeness (QED) is 0.692. The summed E-state index contributed by atoms with van der Waals surface area (Å²) >= 11 is 10.4. The SMILES string of the molecule is Cc1nn(-c2cc(Br)cc(Br)c2N)c(C)c1Br. The van der Waals surface area contributed by atoms with E-state index in [9.17, 15) is 0 Å². The highest BCUT2D eigenvalue weighted by atomic mass is 79.9. The average Bonchev–Trinajstić information content (AvgIpc) is 2.51. The van der Waals surface area contributed by atoms with Crippen LogP contribution in [-0.4, -0.2) is 9.78 Å². The molecule has 0 saturated heterocycles. The van der Waals surface area contributed by atoms with Gasteiger partial charge in [0.1, 0.15) is 0 Å². The maximum Gasteiger partial charge on any atom is 0.0901 e. The van der Waals surface area contributed by atoms with Crippen LogP contribution in [0.25, 0.3) is 5.69 Å². The minimum Gasteiger partial charge on any atom is -0.396 e. The predicted molar refractivity (Wildman–Crippen MR) is 80.6 cm³/mol. The number of nitrogens with two attached hydrogens (primary N) is 1. The topological polar surface area (TPSA) is 43.8 Å². The molecule has 1 aromatic heterocycles. The van der Waals surface area contributed by atoms with E-state index >= 15 is 0 Å². The van der Waals surface area contributed by atoms with Crippen LogP contribution in [0.2, 0.25) is 0 Å². The molecule has 17 heavy (non-hydrogen) atoms. The Morgan fingerprint density at radius 1 is 1.18 bits per heavy atom. The molecule has 1 heterocycles. The summed E-state index contributed by atoms with van der Waals surface area (Å²) in [5, 5.41) is 4.47. The van der Waals surface area contributed by atoms with Crippen molar-refractivity contribution in [1.82, 2.24) is 9.78 Å². The molecule has 2 aromatic rings. The number of benzene rings is 1. The molecule has 0 saturated carbocycles. The molecule has 0 atom stereocenters. The Bertz CT molecular complexity index is 590. The molecule has 90 valence electrons. The summed E-state index contributed by atoms with van der Waals surface area (Å²) in [6.07, 6.45) is 0. The van der Waals surface area contributed by atoms with E-state index in [4.69, 9.17) is 5.73 Å². The molecule has 0 spiro atoms. The van der Waals surface area contributed by atoms with Crippen molar-refractivity contribution in [3.63, 3.8) is 0 Å². The number of aryl methyl sites for hydroxylation is 1. The van der Waals surface area contributed by atoms with Crippen LogP contribution in [0.15, 0.2) is 25.6 Å². The van der Waals surface area contributed by atoms with Crippen LogP contribution in [0.4, 0.5) is 5.69 Å². The van der Waals surface area contributed by atoms with Crippen molar-refractivity contribution in [2.24, 2.45) is 0 Å². The fourth-order valence-corrected chi connectivity index (χ4v) is 3.05. The highest BCUT2D eigenvalue weighted by molar-refractivity contribution is 9.11. The van der Waals surface area contributed by atoms with Crippen molar-refractivity contribution in [3.05, 3.63) is 36.9 Å². The van der Waals surface area contributed by atoms with Crippen LogP contribution in [-0.2, 0) is 0 Å². The number of nitrogens with zero attached hydrogens (tertiary/aromatic N) is 2. The molecular formula is C11H10Br3N3. The van der Waals surface area contributed by atoms with E-state index in [1.165, 1.54) is 0 Å². The molecule has 0 radical (unpaired) electrons. The van der Waals surface area contributed by atoms with Gasteiger partial charge in [-0.05, 0) is 57.8 Å². The van der Waals surface area contributed by atoms with E-state index in [0.717, 1.165) is 30.5 Å². The average molecular weight is 424 g/mol. The van der Waals surface area contributed by atoms with Gasteiger partial charge < -0.3 is 5.73 Å². The van der Waals surface area contributed by atoms with Crippen LogP contribution < -0.4 is 5.73 Å². The molecule has 1 aromatic carbocycles. The van der Waals surface area contributed by atoms with Crippen LogP contribution in [0, 0.1) is 13.8 Å². The van der Waals surface area contributed by atoms with E-state index in [1.807, 2.05) is 30.7 Å². The lowest BCUT2D eigenvalue weighted by atomic mass is 10.2. The van der Waals surface area contributed by atoms with E-state index in [2.05, 4.69) is 52.9 Å². The maximum atomic E-state index is 6.07. The van der Waals surface area contributed by atoms with E-state index in [0.29, 0.717) is 5.69 Å². The lowest BCUT2D eigenvalue weighted by Gasteiger charge is -2.10. The molecular weight excluding hydrogens is 414 g/mol. The third-order valence-corrected chi connectivity index (χ3v) is 4.77. The first kappa shape index (κ1) is 13.1. The summed E-state index contributed by atoms with van der Waals surface area (Å²) in [7, 11) is 0. The highest BCUT2D eigenvalue weighted by Gasteiger charge is 2.14. The maximum absolute atomic E-state index is 6.07. The van der Waals surface area contributed by atoms with Gasteiger partial charge in [0.25, 0.3) is 0 Å². The van der Waals surface area contributed by atoms with Gasteiger partial charge in [-0.1, -0.05) is 15.9 Å². The Hall–Kier alpha value is -0.330. The summed E-state index contributed by atoms with van der Waals surface area (Å²) in [6.45, 7) is 3.95. The molecule has 6 heteroatoms. The van der Waals surface area contributed by atoms with Gasteiger partial charge >= 0.3 is 0 Å². The third kappa shape index (κ3) is 2.30. The predicted octanol–water partition coefficient (Wildman–Crippen LogP) is 4.36. The Labute approximate surface area is 125 Å². The van der Waals surface area contributed by atoms with Crippen LogP contribution >= 0.6 is 47.8 Å². The van der Waals surface area contributed by atoms with Gasteiger partial charge in [-0.3, -0.25) is 0 Å². The van der Waals surface area contributed by atoms with E-state index < -0.39 is 0 Å². The zero-order valence-corrected chi connectivity index (χ0v) is 14.0. The number of rotatable bonds is 1. The van der Waals surface area contributed by atoms with E-state index in [-0.39, 0.29) is 0 Å². The monoisotopic (exact) mass is 421 g/mol. The van der Waals surface area contributed by atoms with Gasteiger partial charge in [-0.15, -0.1) is 0 Å².